The van der Waals surface area contributed by atoms with E-state index in [9.17, 15) is 9.59 Å². The highest BCUT2D eigenvalue weighted by Gasteiger charge is 2.12. The van der Waals surface area contributed by atoms with Crippen LogP contribution in [0.4, 0.5) is 5.69 Å². The molecule has 0 bridgehead atoms. The van der Waals surface area contributed by atoms with E-state index in [1.807, 2.05) is 30.3 Å². The van der Waals surface area contributed by atoms with Gasteiger partial charge in [-0.2, -0.15) is 0 Å². The van der Waals surface area contributed by atoms with E-state index < -0.39 is 0 Å². The van der Waals surface area contributed by atoms with E-state index in [4.69, 9.17) is 0 Å². The second-order valence-corrected chi connectivity index (χ2v) is 3.97. The Hall–Kier alpha value is -2.36. The van der Waals surface area contributed by atoms with Crippen molar-refractivity contribution in [3.05, 3.63) is 54.4 Å². The van der Waals surface area contributed by atoms with Crippen molar-refractivity contribution in [1.82, 2.24) is 4.57 Å². The van der Waals surface area contributed by atoms with Gasteiger partial charge < -0.3 is 9.47 Å². The summed E-state index contributed by atoms with van der Waals surface area (Å²) in [6.07, 6.45) is 2.47. The number of nitrogens with zero attached hydrogens (tertiary/aromatic N) is 2. The molecule has 0 aliphatic carbocycles. The summed E-state index contributed by atoms with van der Waals surface area (Å²) in [4.78, 5) is 24.4. The van der Waals surface area contributed by atoms with Crippen molar-refractivity contribution in [2.24, 2.45) is 0 Å². The van der Waals surface area contributed by atoms with Crippen molar-refractivity contribution in [2.45, 2.75) is 6.54 Å². The summed E-state index contributed by atoms with van der Waals surface area (Å²) in [5.41, 5.74) is 1.34. The quantitative estimate of drug-likeness (QED) is 0.769. The number of carbonyl (C=O) groups is 2. The van der Waals surface area contributed by atoms with E-state index in [1.165, 1.54) is 0 Å². The summed E-state index contributed by atoms with van der Waals surface area (Å²) in [5.74, 6) is -0.0690. The van der Waals surface area contributed by atoms with Crippen LogP contribution >= 0.6 is 0 Å². The lowest BCUT2D eigenvalue weighted by Gasteiger charge is -2.18. The standard InChI is InChI=1S/C14H14N2O2/c1-15(12-6-3-2-4-7-12)14(18)10-16-9-5-8-13(16)11-17/h2-9,11H,10H2,1H3. The molecule has 0 radical (unpaired) electrons. The molecule has 18 heavy (non-hydrogen) atoms. The van der Waals surface area contributed by atoms with Crippen LogP contribution in [0.5, 0.6) is 0 Å². The fraction of sp³-hybridized carbons (Fsp3) is 0.143. The highest BCUT2D eigenvalue weighted by Crippen LogP contribution is 2.12. The number of aldehydes is 1. The Balaban J connectivity index is 2.11. The maximum atomic E-state index is 12.1. The third-order valence-corrected chi connectivity index (χ3v) is 2.81. The van der Waals surface area contributed by atoms with Gasteiger partial charge in [0.1, 0.15) is 6.54 Å². The van der Waals surface area contributed by atoms with Crippen molar-refractivity contribution in [3.63, 3.8) is 0 Å². The first-order chi connectivity index (χ1) is 8.72. The first-order valence-electron chi connectivity index (χ1n) is 5.64. The highest BCUT2D eigenvalue weighted by atomic mass is 16.2. The molecule has 4 nitrogen and oxygen atoms in total. The van der Waals surface area contributed by atoms with E-state index in [0.29, 0.717) is 5.69 Å². The molecule has 1 amide bonds. The molecule has 1 aromatic heterocycles. The maximum absolute atomic E-state index is 12.1. The van der Waals surface area contributed by atoms with Crippen LogP contribution in [0.2, 0.25) is 0 Å². The minimum Gasteiger partial charge on any atom is -0.336 e. The van der Waals surface area contributed by atoms with Gasteiger partial charge in [-0.05, 0) is 24.3 Å². The van der Waals surface area contributed by atoms with E-state index in [-0.39, 0.29) is 12.5 Å². The van der Waals surface area contributed by atoms with Crippen molar-refractivity contribution < 1.29 is 9.59 Å². The van der Waals surface area contributed by atoms with Gasteiger partial charge in [0, 0.05) is 18.9 Å². The zero-order valence-electron chi connectivity index (χ0n) is 10.1. The van der Waals surface area contributed by atoms with Crippen LogP contribution in [-0.4, -0.2) is 23.8 Å². The van der Waals surface area contributed by atoms with Gasteiger partial charge in [0.05, 0.1) is 5.69 Å². The molecule has 0 spiro atoms. The SMILES string of the molecule is CN(C(=O)Cn1cccc1C=O)c1ccccc1. The van der Waals surface area contributed by atoms with Crippen molar-refractivity contribution in [1.29, 1.82) is 0 Å². The Labute approximate surface area is 105 Å². The van der Waals surface area contributed by atoms with Gasteiger partial charge in [0.15, 0.2) is 6.29 Å². The first-order valence-corrected chi connectivity index (χ1v) is 5.64. The number of carbonyl (C=O) groups excluding carboxylic acids is 2. The summed E-state index contributed by atoms with van der Waals surface area (Å²) in [5, 5.41) is 0. The third-order valence-electron chi connectivity index (χ3n) is 2.81. The Morgan fingerprint density at radius 1 is 1.22 bits per heavy atom. The Morgan fingerprint density at radius 3 is 2.61 bits per heavy atom. The number of benzene rings is 1. The molecular formula is C14H14N2O2. The largest absolute Gasteiger partial charge is 0.336 e. The van der Waals surface area contributed by atoms with E-state index in [0.717, 1.165) is 12.0 Å². The average Bonchev–Trinajstić information content (AvgIpc) is 2.86. The van der Waals surface area contributed by atoms with Gasteiger partial charge in [-0.3, -0.25) is 9.59 Å². The van der Waals surface area contributed by atoms with Crippen molar-refractivity contribution >= 4 is 17.9 Å². The molecule has 0 fully saturated rings. The molecule has 92 valence electrons. The number of likely N-dealkylation sites (N-methyl/N-ethyl adjacent to an activating group) is 1. The molecule has 0 aliphatic heterocycles. The van der Waals surface area contributed by atoms with E-state index in [2.05, 4.69) is 0 Å². The van der Waals surface area contributed by atoms with Gasteiger partial charge in [-0.25, -0.2) is 0 Å². The molecular weight excluding hydrogens is 228 g/mol. The van der Waals surface area contributed by atoms with Crippen LogP contribution in [0.15, 0.2) is 48.7 Å². The van der Waals surface area contributed by atoms with Crippen molar-refractivity contribution in [2.75, 3.05) is 11.9 Å². The molecule has 0 saturated carbocycles. The van der Waals surface area contributed by atoms with E-state index in [1.54, 1.807) is 34.8 Å². The topological polar surface area (TPSA) is 42.3 Å². The molecule has 0 unspecified atom stereocenters. The van der Waals surface area contributed by atoms with Gasteiger partial charge in [0.25, 0.3) is 0 Å². The summed E-state index contributed by atoms with van der Waals surface area (Å²) < 4.78 is 1.63. The number of amides is 1. The number of rotatable bonds is 4. The minimum absolute atomic E-state index is 0.0690. The molecule has 1 aromatic carbocycles. The van der Waals surface area contributed by atoms with Gasteiger partial charge in [-0.15, -0.1) is 0 Å². The summed E-state index contributed by atoms with van der Waals surface area (Å²) >= 11 is 0. The van der Waals surface area contributed by atoms with Crippen LogP contribution in [-0.2, 0) is 11.3 Å². The summed E-state index contributed by atoms with van der Waals surface area (Å²) in [6, 6.07) is 12.8. The summed E-state index contributed by atoms with van der Waals surface area (Å²) in [7, 11) is 1.72. The minimum atomic E-state index is -0.0690. The molecule has 4 heteroatoms. The van der Waals surface area contributed by atoms with Crippen LogP contribution in [0, 0.1) is 0 Å². The number of para-hydroxylation sites is 1. The fourth-order valence-corrected chi connectivity index (χ4v) is 1.73. The maximum Gasteiger partial charge on any atom is 0.246 e. The third kappa shape index (κ3) is 2.48. The lowest BCUT2D eigenvalue weighted by atomic mass is 10.3. The Bertz CT molecular complexity index is 546. The molecule has 1 heterocycles. The first kappa shape index (κ1) is 12.1. The Morgan fingerprint density at radius 2 is 1.94 bits per heavy atom. The number of hydrogen-bond donors (Lipinski definition) is 0. The Kier molecular flexibility index (Phi) is 3.57. The van der Waals surface area contributed by atoms with Gasteiger partial charge in [0.2, 0.25) is 5.91 Å². The second kappa shape index (κ2) is 5.31. The van der Waals surface area contributed by atoms with E-state index >= 15 is 0 Å². The predicted octanol–water partition coefficient (Wildman–Crippen LogP) is 1.96. The fourth-order valence-electron chi connectivity index (χ4n) is 1.73. The van der Waals surface area contributed by atoms with Gasteiger partial charge >= 0.3 is 0 Å². The second-order valence-electron chi connectivity index (χ2n) is 3.97. The number of hydrogen-bond acceptors (Lipinski definition) is 2. The van der Waals surface area contributed by atoms with Gasteiger partial charge in [-0.1, -0.05) is 18.2 Å². The predicted molar refractivity (Wildman–Crippen MR) is 69.7 cm³/mol. The van der Waals surface area contributed by atoms with Crippen LogP contribution in [0.25, 0.3) is 0 Å². The van der Waals surface area contributed by atoms with Crippen LogP contribution in [0.3, 0.4) is 0 Å². The average molecular weight is 242 g/mol. The molecule has 0 N–H and O–H groups in total. The molecule has 2 aromatic rings. The zero-order valence-corrected chi connectivity index (χ0v) is 10.1. The highest BCUT2D eigenvalue weighted by molar-refractivity contribution is 5.93. The number of anilines is 1. The lowest BCUT2D eigenvalue weighted by Crippen LogP contribution is -2.30. The normalized spacial score (nSPS) is 10.1. The zero-order chi connectivity index (χ0) is 13.0. The molecule has 0 aliphatic rings. The molecule has 0 saturated heterocycles. The molecule has 0 atom stereocenters. The smallest absolute Gasteiger partial charge is 0.246 e. The van der Waals surface area contributed by atoms with Crippen molar-refractivity contribution in [3.8, 4) is 0 Å². The lowest BCUT2D eigenvalue weighted by molar-refractivity contribution is -0.118. The summed E-state index contributed by atoms with van der Waals surface area (Å²) in [6.45, 7) is 0.159. The van der Waals surface area contributed by atoms with Crippen LogP contribution < -0.4 is 4.90 Å². The monoisotopic (exact) mass is 242 g/mol. The number of aromatic nitrogens is 1. The molecule has 2 rings (SSSR count). The van der Waals surface area contributed by atoms with Crippen LogP contribution in [0.1, 0.15) is 10.5 Å².